The van der Waals surface area contributed by atoms with E-state index in [1.807, 2.05) is 0 Å². The Kier molecular flexibility index (Phi) is 62.2. The van der Waals surface area contributed by atoms with Crippen LogP contribution in [0.4, 0.5) is 0 Å². The van der Waals surface area contributed by atoms with Crippen molar-refractivity contribution in [3.8, 4) is 0 Å². The van der Waals surface area contributed by atoms with Gasteiger partial charge in [0.05, 0.1) is 26.4 Å². The zero-order chi connectivity index (χ0) is 68.9. The van der Waals surface area contributed by atoms with Gasteiger partial charge in [0.1, 0.15) is 19.3 Å². The number of rotatable bonds is 71. The smallest absolute Gasteiger partial charge is 0.462 e. The van der Waals surface area contributed by atoms with Crippen molar-refractivity contribution >= 4 is 39.5 Å². The van der Waals surface area contributed by atoms with Crippen LogP contribution in [-0.4, -0.2) is 96.7 Å². The molecule has 3 N–H and O–H groups in total. The third kappa shape index (κ3) is 67.0. The van der Waals surface area contributed by atoms with Gasteiger partial charge in [-0.1, -0.05) is 319 Å². The van der Waals surface area contributed by atoms with Crippen molar-refractivity contribution in [1.82, 2.24) is 0 Å². The van der Waals surface area contributed by atoms with E-state index in [4.69, 9.17) is 37.0 Å². The van der Waals surface area contributed by atoms with Crippen LogP contribution in [0.1, 0.15) is 370 Å². The third-order valence-electron chi connectivity index (χ3n) is 17.4. The maximum atomic E-state index is 13.1. The number of carbonyl (C=O) groups is 4. The van der Waals surface area contributed by atoms with Crippen molar-refractivity contribution < 1.29 is 80.2 Å². The van der Waals surface area contributed by atoms with E-state index in [2.05, 4.69) is 55.4 Å². The van der Waals surface area contributed by atoms with Crippen molar-refractivity contribution in [2.75, 3.05) is 39.6 Å². The van der Waals surface area contributed by atoms with Crippen LogP contribution in [-0.2, 0) is 65.4 Å². The molecule has 0 aromatic heterocycles. The molecule has 0 spiro atoms. The standard InChI is InChI=1S/C74H144O17P2/c1-9-67(8)53-45-37-29-20-16-17-21-30-38-46-54-71(76)84-60-69(90-73(78)56-48-40-32-22-14-10-12-18-26-34-42-50-64(2)3)62-88-92(80,81)86-58-68(75)59-87-93(82,83)89-63-70(61-85-72(77)55-47-39-31-25-24-28-36-44-52-66(6)7)91-74(79)57-49-41-33-23-15-11-13-19-27-35-43-51-65(4)5/h64-70,75H,9-63H2,1-8H3,(H,80,81)(H,82,83)/t67?,68?,69-,70-/m1/s1. The second kappa shape index (κ2) is 63.5. The molecule has 0 aliphatic rings. The SMILES string of the molecule is CCC(C)CCCCCCCCCCCCC(=O)OC[C@H](COP(=O)(O)OCC(O)COP(=O)(O)OC[C@@H](COC(=O)CCCCCCCCCCC(C)C)OC(=O)CCCCCCCCCCCCCC(C)C)OC(=O)CCCCCCCCCCCCCC(C)C. The fraction of sp³-hybridized carbons (Fsp3) is 0.946. The predicted molar refractivity (Wildman–Crippen MR) is 377 cm³/mol. The summed E-state index contributed by atoms with van der Waals surface area (Å²) in [7, 11) is -9.91. The van der Waals surface area contributed by atoms with Crippen LogP contribution in [0.2, 0.25) is 0 Å². The van der Waals surface area contributed by atoms with E-state index in [1.165, 1.54) is 173 Å². The fourth-order valence-electron chi connectivity index (χ4n) is 11.2. The number of aliphatic hydroxyl groups is 1. The highest BCUT2D eigenvalue weighted by Gasteiger charge is 2.30. The van der Waals surface area contributed by atoms with Gasteiger partial charge in [0.15, 0.2) is 12.2 Å². The van der Waals surface area contributed by atoms with Crippen LogP contribution in [0.5, 0.6) is 0 Å². The molecule has 0 radical (unpaired) electrons. The molecule has 0 saturated heterocycles. The first-order chi connectivity index (χ1) is 44.6. The second-order valence-corrected chi connectivity index (χ2v) is 31.3. The van der Waals surface area contributed by atoms with E-state index in [1.54, 1.807) is 0 Å². The molecule has 6 atom stereocenters. The van der Waals surface area contributed by atoms with Crippen LogP contribution in [0, 0.1) is 23.7 Å². The van der Waals surface area contributed by atoms with Gasteiger partial charge in [-0.25, -0.2) is 9.13 Å². The molecule has 0 aromatic rings. The summed E-state index contributed by atoms with van der Waals surface area (Å²) >= 11 is 0. The Hall–Kier alpha value is -1.94. The highest BCUT2D eigenvalue weighted by molar-refractivity contribution is 7.47. The van der Waals surface area contributed by atoms with E-state index in [9.17, 15) is 43.2 Å². The summed E-state index contributed by atoms with van der Waals surface area (Å²) in [5.74, 6) is 0.943. The molecule has 0 heterocycles. The normalized spacial score (nSPS) is 14.5. The van der Waals surface area contributed by atoms with Gasteiger partial charge in [0, 0.05) is 25.7 Å². The summed E-state index contributed by atoms with van der Waals surface area (Å²) in [5, 5.41) is 10.6. The van der Waals surface area contributed by atoms with Crippen molar-refractivity contribution in [2.45, 2.75) is 388 Å². The van der Waals surface area contributed by atoms with Gasteiger partial charge in [-0.3, -0.25) is 37.3 Å². The molecule has 93 heavy (non-hydrogen) atoms. The van der Waals surface area contributed by atoms with Gasteiger partial charge in [0.2, 0.25) is 0 Å². The number of hydrogen-bond acceptors (Lipinski definition) is 15. The minimum atomic E-state index is -4.96. The first-order valence-corrected chi connectivity index (χ1v) is 41.2. The number of aliphatic hydroxyl groups excluding tert-OH is 1. The number of esters is 4. The molecule has 0 aliphatic heterocycles. The highest BCUT2D eigenvalue weighted by atomic mass is 31.2. The number of unbranched alkanes of at least 4 members (excludes halogenated alkanes) is 36. The van der Waals surface area contributed by atoms with E-state index < -0.39 is 97.5 Å². The molecule has 0 bridgehead atoms. The Labute approximate surface area is 568 Å². The van der Waals surface area contributed by atoms with Crippen LogP contribution in [0.15, 0.2) is 0 Å². The fourth-order valence-corrected chi connectivity index (χ4v) is 12.7. The summed E-state index contributed by atoms with van der Waals surface area (Å²) in [4.78, 5) is 72.8. The number of phosphoric acid groups is 2. The summed E-state index contributed by atoms with van der Waals surface area (Å²) in [6, 6.07) is 0. The Morgan fingerprint density at radius 3 is 0.763 bits per heavy atom. The molecule has 552 valence electrons. The maximum absolute atomic E-state index is 13.1. The van der Waals surface area contributed by atoms with Gasteiger partial charge < -0.3 is 33.8 Å². The van der Waals surface area contributed by atoms with Crippen molar-refractivity contribution in [1.29, 1.82) is 0 Å². The molecule has 0 rings (SSSR count). The average molecular weight is 1370 g/mol. The van der Waals surface area contributed by atoms with E-state index >= 15 is 0 Å². The van der Waals surface area contributed by atoms with E-state index in [-0.39, 0.29) is 25.7 Å². The summed E-state index contributed by atoms with van der Waals surface area (Å²) in [6.07, 6.45) is 47.1. The molecule has 0 aromatic carbocycles. The van der Waals surface area contributed by atoms with E-state index in [0.717, 1.165) is 114 Å². The average Bonchev–Trinajstić information content (AvgIpc) is 1.66. The lowest BCUT2D eigenvalue weighted by molar-refractivity contribution is -0.161. The first-order valence-electron chi connectivity index (χ1n) is 38.2. The number of ether oxygens (including phenoxy) is 4. The largest absolute Gasteiger partial charge is 0.472 e. The maximum Gasteiger partial charge on any atom is 0.472 e. The monoisotopic (exact) mass is 1370 g/mol. The first kappa shape index (κ1) is 91.1. The summed E-state index contributed by atoms with van der Waals surface area (Å²) in [6.45, 7) is 14.2. The lowest BCUT2D eigenvalue weighted by Gasteiger charge is -2.21. The summed E-state index contributed by atoms with van der Waals surface area (Å²) < 4.78 is 68.5. The van der Waals surface area contributed by atoms with Crippen molar-refractivity contribution in [3.05, 3.63) is 0 Å². The second-order valence-electron chi connectivity index (χ2n) is 28.4. The third-order valence-corrected chi connectivity index (χ3v) is 19.3. The molecule has 0 fully saturated rings. The van der Waals surface area contributed by atoms with Gasteiger partial charge in [0.25, 0.3) is 0 Å². The minimum absolute atomic E-state index is 0.105. The Morgan fingerprint density at radius 2 is 0.516 bits per heavy atom. The Balaban J connectivity index is 5.28. The van der Waals surface area contributed by atoms with Crippen molar-refractivity contribution in [2.24, 2.45) is 23.7 Å². The zero-order valence-corrected chi connectivity index (χ0v) is 62.7. The number of phosphoric ester groups is 2. The van der Waals surface area contributed by atoms with Crippen LogP contribution in [0.3, 0.4) is 0 Å². The van der Waals surface area contributed by atoms with Crippen LogP contribution < -0.4 is 0 Å². The Bertz CT molecular complexity index is 1840. The Morgan fingerprint density at radius 1 is 0.301 bits per heavy atom. The lowest BCUT2D eigenvalue weighted by atomic mass is 9.99. The topological polar surface area (TPSA) is 237 Å². The predicted octanol–water partition coefficient (Wildman–Crippen LogP) is 21.3. The van der Waals surface area contributed by atoms with Gasteiger partial charge in [-0.05, 0) is 49.4 Å². The van der Waals surface area contributed by atoms with Gasteiger partial charge in [-0.15, -0.1) is 0 Å². The molecule has 17 nitrogen and oxygen atoms in total. The molecule has 0 aliphatic carbocycles. The molecule has 0 saturated carbocycles. The highest BCUT2D eigenvalue weighted by Crippen LogP contribution is 2.45. The quantitative estimate of drug-likeness (QED) is 0.0222. The molecule has 0 amide bonds. The van der Waals surface area contributed by atoms with Crippen molar-refractivity contribution in [3.63, 3.8) is 0 Å². The van der Waals surface area contributed by atoms with E-state index in [0.29, 0.717) is 25.7 Å². The van der Waals surface area contributed by atoms with Gasteiger partial charge >= 0.3 is 39.5 Å². The zero-order valence-electron chi connectivity index (χ0n) is 60.9. The number of carbonyl (C=O) groups excluding carboxylic acids is 4. The van der Waals surface area contributed by atoms with Gasteiger partial charge in [-0.2, -0.15) is 0 Å². The van der Waals surface area contributed by atoms with Crippen LogP contribution >= 0.6 is 15.6 Å². The van der Waals surface area contributed by atoms with Crippen LogP contribution in [0.25, 0.3) is 0 Å². The summed E-state index contributed by atoms with van der Waals surface area (Å²) in [5.41, 5.74) is 0. The molecule has 19 heteroatoms. The molecule has 4 unspecified atom stereocenters. The minimum Gasteiger partial charge on any atom is -0.462 e. The molecular formula is C74H144O17P2. The number of hydrogen-bond donors (Lipinski definition) is 3. The lowest BCUT2D eigenvalue weighted by Crippen LogP contribution is -2.30. The molecular weight excluding hydrogens is 1220 g/mol.